The number of methoxy groups -OCH3 is 1. The van der Waals surface area contributed by atoms with E-state index in [1.54, 1.807) is 6.92 Å². The van der Waals surface area contributed by atoms with Gasteiger partial charge in [-0.3, -0.25) is 14.7 Å². The molecule has 1 atom stereocenters. The van der Waals surface area contributed by atoms with Crippen LogP contribution in [0.5, 0.6) is 11.5 Å². The normalized spacial score (nSPS) is 11.6. The Bertz CT molecular complexity index is 1050. The van der Waals surface area contributed by atoms with E-state index in [4.69, 9.17) is 26.8 Å². The monoisotopic (exact) mass is 429 g/mol. The molecule has 2 amide bonds. The predicted octanol–water partition coefficient (Wildman–Crippen LogP) is 2.16. The van der Waals surface area contributed by atoms with Crippen molar-refractivity contribution in [2.24, 2.45) is 5.73 Å². The van der Waals surface area contributed by atoms with Crippen LogP contribution in [0, 0.1) is 6.92 Å². The minimum absolute atomic E-state index is 0.103. The number of nitrogens with two attached hydrogens (primary N) is 1. The first-order chi connectivity index (χ1) is 14.4. The maximum Gasteiger partial charge on any atom is 0.255 e. The molecule has 0 spiro atoms. The van der Waals surface area contributed by atoms with Crippen molar-refractivity contribution >= 4 is 23.4 Å². The first-order valence-electron chi connectivity index (χ1n) is 8.92. The van der Waals surface area contributed by atoms with Crippen molar-refractivity contribution in [3.05, 3.63) is 70.3 Å². The highest BCUT2D eigenvalue weighted by molar-refractivity contribution is 6.32. The number of primary amides is 1. The van der Waals surface area contributed by atoms with E-state index in [9.17, 15) is 9.59 Å². The van der Waals surface area contributed by atoms with E-state index < -0.39 is 17.9 Å². The number of aryl methyl sites for hydroxylation is 1. The SMILES string of the molecule is COc1cc(C(=O)NC(c2ccccc2)c2n[nH]c(C)n2)cc(Cl)c1OCC(N)=O. The lowest BCUT2D eigenvalue weighted by Gasteiger charge is -2.18. The van der Waals surface area contributed by atoms with Crippen molar-refractivity contribution in [3.8, 4) is 11.5 Å². The maximum absolute atomic E-state index is 13.0. The Hall–Kier alpha value is -3.59. The molecule has 0 fully saturated rings. The number of carbonyl (C=O) groups excluding carboxylic acids is 2. The zero-order valence-corrected chi connectivity index (χ0v) is 17.1. The number of aromatic amines is 1. The van der Waals surface area contributed by atoms with Crippen LogP contribution in [-0.4, -0.2) is 40.7 Å². The molecule has 4 N–H and O–H groups in total. The van der Waals surface area contributed by atoms with E-state index in [1.165, 1.54) is 19.2 Å². The van der Waals surface area contributed by atoms with Crippen LogP contribution < -0.4 is 20.5 Å². The Kier molecular flexibility index (Phi) is 6.53. The molecule has 0 saturated carbocycles. The van der Waals surface area contributed by atoms with E-state index >= 15 is 0 Å². The lowest BCUT2D eigenvalue weighted by Crippen LogP contribution is -2.30. The van der Waals surface area contributed by atoms with Crippen LogP contribution in [0.3, 0.4) is 0 Å². The van der Waals surface area contributed by atoms with Gasteiger partial charge in [0.15, 0.2) is 23.9 Å². The fraction of sp³-hybridized carbons (Fsp3) is 0.200. The first-order valence-corrected chi connectivity index (χ1v) is 9.30. The molecule has 9 nitrogen and oxygen atoms in total. The summed E-state index contributed by atoms with van der Waals surface area (Å²) in [6, 6.07) is 11.6. The van der Waals surface area contributed by atoms with Gasteiger partial charge in [0.2, 0.25) is 0 Å². The number of rotatable bonds is 8. The van der Waals surface area contributed by atoms with Gasteiger partial charge < -0.3 is 20.5 Å². The summed E-state index contributed by atoms with van der Waals surface area (Å²) in [5, 5.41) is 9.98. The molecular weight excluding hydrogens is 410 g/mol. The number of aromatic nitrogens is 3. The van der Waals surface area contributed by atoms with Gasteiger partial charge in [-0.15, -0.1) is 0 Å². The highest BCUT2D eigenvalue weighted by Crippen LogP contribution is 2.36. The van der Waals surface area contributed by atoms with Gasteiger partial charge in [0.25, 0.3) is 11.8 Å². The third-order valence-corrected chi connectivity index (χ3v) is 4.41. The van der Waals surface area contributed by atoms with Crippen LogP contribution in [0.15, 0.2) is 42.5 Å². The summed E-state index contributed by atoms with van der Waals surface area (Å²) in [5.74, 6) is 0.278. The first kappa shape index (κ1) is 21.1. The highest BCUT2D eigenvalue weighted by Gasteiger charge is 2.23. The minimum Gasteiger partial charge on any atom is -0.493 e. The summed E-state index contributed by atoms with van der Waals surface area (Å²) in [5.41, 5.74) is 6.14. The van der Waals surface area contributed by atoms with Crippen molar-refractivity contribution < 1.29 is 19.1 Å². The van der Waals surface area contributed by atoms with Crippen LogP contribution >= 0.6 is 11.6 Å². The average Bonchev–Trinajstić information content (AvgIpc) is 3.16. The molecule has 0 aliphatic carbocycles. The van der Waals surface area contributed by atoms with Gasteiger partial charge in [0.05, 0.1) is 12.1 Å². The van der Waals surface area contributed by atoms with Crippen molar-refractivity contribution in [3.63, 3.8) is 0 Å². The van der Waals surface area contributed by atoms with Gasteiger partial charge in [0, 0.05) is 5.56 Å². The lowest BCUT2D eigenvalue weighted by atomic mass is 10.1. The molecule has 10 heteroatoms. The van der Waals surface area contributed by atoms with Crippen molar-refractivity contribution in [1.29, 1.82) is 0 Å². The van der Waals surface area contributed by atoms with Crippen molar-refractivity contribution in [2.75, 3.05) is 13.7 Å². The van der Waals surface area contributed by atoms with Crippen LogP contribution in [0.4, 0.5) is 0 Å². The number of hydrogen-bond donors (Lipinski definition) is 3. The number of ether oxygens (including phenoxy) is 2. The van der Waals surface area contributed by atoms with E-state index in [-0.39, 0.29) is 28.7 Å². The molecule has 30 heavy (non-hydrogen) atoms. The summed E-state index contributed by atoms with van der Waals surface area (Å²) >= 11 is 6.25. The molecule has 2 aromatic carbocycles. The fourth-order valence-corrected chi connectivity index (χ4v) is 3.05. The Balaban J connectivity index is 1.90. The molecule has 3 aromatic rings. The van der Waals surface area contributed by atoms with E-state index in [2.05, 4.69) is 20.5 Å². The van der Waals surface area contributed by atoms with Crippen molar-refractivity contribution in [2.45, 2.75) is 13.0 Å². The van der Waals surface area contributed by atoms with Gasteiger partial charge >= 0.3 is 0 Å². The zero-order valence-electron chi connectivity index (χ0n) is 16.3. The molecule has 0 saturated heterocycles. The van der Waals surface area contributed by atoms with Crippen LogP contribution in [0.2, 0.25) is 5.02 Å². The number of carbonyl (C=O) groups is 2. The van der Waals surface area contributed by atoms with E-state index in [0.717, 1.165) is 5.56 Å². The lowest BCUT2D eigenvalue weighted by molar-refractivity contribution is -0.119. The molecule has 0 bridgehead atoms. The van der Waals surface area contributed by atoms with Crippen LogP contribution in [-0.2, 0) is 4.79 Å². The summed E-state index contributed by atoms with van der Waals surface area (Å²) in [7, 11) is 1.40. The predicted molar refractivity (Wildman–Crippen MR) is 110 cm³/mol. The third kappa shape index (κ3) is 4.87. The Morgan fingerprint density at radius 3 is 2.60 bits per heavy atom. The molecule has 1 heterocycles. The molecule has 0 aliphatic rings. The maximum atomic E-state index is 13.0. The van der Waals surface area contributed by atoms with Gasteiger partial charge in [-0.25, -0.2) is 4.98 Å². The van der Waals surface area contributed by atoms with Gasteiger partial charge in [0.1, 0.15) is 11.9 Å². The molecule has 0 aliphatic heterocycles. The number of nitrogens with zero attached hydrogens (tertiary/aromatic N) is 2. The smallest absolute Gasteiger partial charge is 0.255 e. The van der Waals surface area contributed by atoms with E-state index in [0.29, 0.717) is 11.6 Å². The summed E-state index contributed by atoms with van der Waals surface area (Å²) in [6.45, 7) is 1.40. The summed E-state index contributed by atoms with van der Waals surface area (Å²) < 4.78 is 10.5. The molecule has 1 aromatic heterocycles. The second-order valence-electron chi connectivity index (χ2n) is 6.34. The van der Waals surface area contributed by atoms with Gasteiger partial charge in [-0.05, 0) is 24.6 Å². The number of hydrogen-bond acceptors (Lipinski definition) is 6. The molecule has 3 rings (SSSR count). The number of H-pyrrole nitrogens is 1. The second kappa shape index (κ2) is 9.27. The van der Waals surface area contributed by atoms with Crippen molar-refractivity contribution in [1.82, 2.24) is 20.5 Å². The number of nitrogens with one attached hydrogen (secondary N) is 2. The number of amides is 2. The average molecular weight is 430 g/mol. The molecule has 0 radical (unpaired) electrons. The van der Waals surface area contributed by atoms with E-state index in [1.807, 2.05) is 30.3 Å². The standard InChI is InChI=1S/C20H20ClN5O4/c1-11-23-19(26-25-11)17(12-6-4-3-5-7-12)24-20(28)13-8-14(21)18(15(9-13)29-2)30-10-16(22)27/h3-9,17H,10H2,1-2H3,(H2,22,27)(H,24,28)(H,23,25,26). The van der Waals surface area contributed by atoms with Crippen LogP contribution in [0.1, 0.15) is 33.6 Å². The minimum atomic E-state index is -0.664. The number of benzene rings is 2. The van der Waals surface area contributed by atoms with Gasteiger partial charge in [-0.1, -0.05) is 41.9 Å². The molecule has 156 valence electrons. The summed E-state index contributed by atoms with van der Waals surface area (Å²) in [4.78, 5) is 28.3. The largest absolute Gasteiger partial charge is 0.493 e. The third-order valence-electron chi connectivity index (χ3n) is 4.13. The van der Waals surface area contributed by atoms with Crippen LogP contribution in [0.25, 0.3) is 0 Å². The number of halogens is 1. The Labute approximate surface area is 177 Å². The summed E-state index contributed by atoms with van der Waals surface area (Å²) in [6.07, 6.45) is 0. The fourth-order valence-electron chi connectivity index (χ4n) is 2.78. The Morgan fingerprint density at radius 2 is 2.00 bits per heavy atom. The molecule has 1 unspecified atom stereocenters. The topological polar surface area (TPSA) is 132 Å². The quantitative estimate of drug-likeness (QED) is 0.502. The highest BCUT2D eigenvalue weighted by atomic mass is 35.5. The molecular formula is C20H20ClN5O4. The zero-order chi connectivity index (χ0) is 21.7. The van der Waals surface area contributed by atoms with Gasteiger partial charge in [-0.2, -0.15) is 5.10 Å². The second-order valence-corrected chi connectivity index (χ2v) is 6.75. The Morgan fingerprint density at radius 1 is 1.27 bits per heavy atom.